The zero-order valence-corrected chi connectivity index (χ0v) is 26.9. The van der Waals surface area contributed by atoms with Gasteiger partial charge in [0.05, 0.1) is 23.3 Å². The predicted molar refractivity (Wildman–Crippen MR) is 166 cm³/mol. The first-order chi connectivity index (χ1) is 21.1. The van der Waals surface area contributed by atoms with Crippen LogP contribution in [0.25, 0.3) is 22.3 Å². The summed E-state index contributed by atoms with van der Waals surface area (Å²) in [5.41, 5.74) is 3.56. The standard InChI is InChI=1S/C31H41N5O7Si/c1-19-24(30(37)34-21-9-11-35(12-10-21)31(38)39)26-28(36(19)17-40-13-14-44(2,3)4)27(33-16-32-26)25-22(41-15-20-5-6-20)7-8-23-29(25)43-18-42-23/h7-8,16,20-21H,5-6,9-15,17-18H2,1-4H3,(H,34,37)(H,38,39). The van der Waals surface area contributed by atoms with Gasteiger partial charge in [-0.25, -0.2) is 14.8 Å². The molecule has 1 saturated carbocycles. The average Bonchev–Trinajstić information content (AvgIpc) is 3.61. The Morgan fingerprint density at radius 2 is 1.89 bits per heavy atom. The number of ether oxygens (including phenoxy) is 4. The van der Waals surface area contributed by atoms with Crippen molar-refractivity contribution in [1.29, 1.82) is 0 Å². The Morgan fingerprint density at radius 3 is 2.59 bits per heavy atom. The van der Waals surface area contributed by atoms with Crippen LogP contribution in [-0.4, -0.2) is 83.8 Å². The Hall–Kier alpha value is -3.84. The van der Waals surface area contributed by atoms with Crippen molar-refractivity contribution in [3.63, 3.8) is 0 Å². The third-order valence-electron chi connectivity index (χ3n) is 8.55. The molecule has 0 atom stereocenters. The van der Waals surface area contributed by atoms with Gasteiger partial charge in [-0.15, -0.1) is 0 Å². The molecule has 3 aliphatic rings. The fourth-order valence-electron chi connectivity index (χ4n) is 5.71. The number of benzene rings is 1. The minimum atomic E-state index is -1.32. The first kappa shape index (κ1) is 30.2. The monoisotopic (exact) mass is 623 g/mol. The summed E-state index contributed by atoms with van der Waals surface area (Å²) in [6.45, 7) is 11.1. The van der Waals surface area contributed by atoms with Crippen molar-refractivity contribution >= 4 is 31.1 Å². The lowest BCUT2D eigenvalue weighted by molar-refractivity contribution is 0.0874. The van der Waals surface area contributed by atoms with Crippen LogP contribution in [0, 0.1) is 12.8 Å². The van der Waals surface area contributed by atoms with E-state index in [1.54, 1.807) is 0 Å². The Kier molecular flexibility index (Phi) is 8.42. The molecule has 44 heavy (non-hydrogen) atoms. The van der Waals surface area contributed by atoms with E-state index in [0.29, 0.717) is 95.9 Å². The molecule has 3 aromatic rings. The molecule has 1 aromatic carbocycles. The quantitative estimate of drug-likeness (QED) is 0.221. The first-order valence-electron chi connectivity index (χ1n) is 15.4. The second kappa shape index (κ2) is 12.3. The molecule has 2 aliphatic heterocycles. The summed E-state index contributed by atoms with van der Waals surface area (Å²) < 4.78 is 26.2. The number of amides is 2. The molecule has 2 amide bonds. The summed E-state index contributed by atoms with van der Waals surface area (Å²) in [4.78, 5) is 36.0. The Labute approximate surface area is 257 Å². The second-order valence-electron chi connectivity index (χ2n) is 13.1. The predicted octanol–water partition coefficient (Wildman–Crippen LogP) is 5.11. The average molecular weight is 624 g/mol. The summed E-state index contributed by atoms with van der Waals surface area (Å²) in [5.74, 6) is 2.09. The lowest BCUT2D eigenvalue weighted by Gasteiger charge is -2.30. The van der Waals surface area contributed by atoms with Crippen LogP contribution in [0.3, 0.4) is 0 Å². The van der Waals surface area contributed by atoms with Crippen LogP contribution >= 0.6 is 0 Å². The number of carboxylic acid groups (broad SMARTS) is 1. The lowest BCUT2D eigenvalue weighted by atomic mass is 10.0. The number of hydrogen-bond acceptors (Lipinski definition) is 8. The molecule has 0 radical (unpaired) electrons. The van der Waals surface area contributed by atoms with Crippen molar-refractivity contribution in [3.8, 4) is 28.5 Å². The van der Waals surface area contributed by atoms with Gasteiger partial charge in [0.15, 0.2) is 11.5 Å². The fraction of sp³-hybridized carbons (Fsp3) is 0.548. The lowest BCUT2D eigenvalue weighted by Crippen LogP contribution is -2.46. The van der Waals surface area contributed by atoms with Gasteiger partial charge >= 0.3 is 6.09 Å². The SMILES string of the molecule is Cc1c(C(=O)NC2CCN(C(=O)O)CC2)c2ncnc(-c3c(OCC4CC4)ccc4c3OCO4)c2n1COCC[Si](C)(C)C. The third kappa shape index (κ3) is 6.34. The van der Waals surface area contributed by atoms with E-state index in [1.165, 1.54) is 11.2 Å². The van der Waals surface area contributed by atoms with E-state index in [9.17, 15) is 14.7 Å². The normalized spacial score (nSPS) is 16.9. The smallest absolute Gasteiger partial charge is 0.407 e. The summed E-state index contributed by atoms with van der Waals surface area (Å²) in [6.07, 6.45) is 3.94. The summed E-state index contributed by atoms with van der Waals surface area (Å²) in [7, 11) is -1.32. The van der Waals surface area contributed by atoms with Crippen LogP contribution in [0.1, 0.15) is 41.7 Å². The van der Waals surface area contributed by atoms with E-state index in [4.69, 9.17) is 23.9 Å². The molecule has 0 spiro atoms. The number of piperidine rings is 1. The second-order valence-corrected chi connectivity index (χ2v) is 18.7. The third-order valence-corrected chi connectivity index (χ3v) is 10.3. The maximum atomic E-state index is 13.9. The summed E-state index contributed by atoms with van der Waals surface area (Å²) in [5, 5.41) is 12.5. The van der Waals surface area contributed by atoms with E-state index < -0.39 is 14.2 Å². The Morgan fingerprint density at radius 1 is 1.11 bits per heavy atom. The van der Waals surface area contributed by atoms with Crippen molar-refractivity contribution in [2.24, 2.45) is 5.92 Å². The highest BCUT2D eigenvalue weighted by Crippen LogP contribution is 2.49. The molecule has 2 aromatic heterocycles. The molecular weight excluding hydrogens is 582 g/mol. The number of hydrogen-bond donors (Lipinski definition) is 2. The maximum absolute atomic E-state index is 13.9. The Balaban J connectivity index is 1.40. The molecule has 12 nitrogen and oxygen atoms in total. The molecule has 1 saturated heterocycles. The van der Waals surface area contributed by atoms with Crippen molar-refractivity contribution < 1.29 is 33.6 Å². The highest BCUT2D eigenvalue weighted by atomic mass is 28.3. The molecule has 6 rings (SSSR count). The van der Waals surface area contributed by atoms with Crippen LogP contribution in [0.4, 0.5) is 4.79 Å². The molecule has 1 aliphatic carbocycles. The first-order valence-corrected chi connectivity index (χ1v) is 19.1. The van der Waals surface area contributed by atoms with Gasteiger partial charge in [-0.2, -0.15) is 0 Å². The number of carbonyl (C=O) groups excluding carboxylic acids is 1. The van der Waals surface area contributed by atoms with Gasteiger partial charge in [0, 0.05) is 39.5 Å². The topological polar surface area (TPSA) is 137 Å². The Bertz CT molecular complexity index is 1560. The van der Waals surface area contributed by atoms with E-state index in [1.807, 2.05) is 23.6 Å². The van der Waals surface area contributed by atoms with Gasteiger partial charge in [0.25, 0.3) is 5.91 Å². The number of nitrogens with one attached hydrogen (secondary N) is 1. The van der Waals surface area contributed by atoms with Crippen molar-refractivity contribution in [1.82, 2.24) is 24.8 Å². The zero-order chi connectivity index (χ0) is 31.0. The molecule has 2 fully saturated rings. The van der Waals surface area contributed by atoms with Crippen molar-refractivity contribution in [2.75, 3.05) is 33.1 Å². The molecule has 4 heterocycles. The molecule has 236 valence electrons. The van der Waals surface area contributed by atoms with Gasteiger partial charge in [0.2, 0.25) is 6.79 Å². The highest BCUT2D eigenvalue weighted by Gasteiger charge is 2.32. The van der Waals surface area contributed by atoms with E-state index in [2.05, 4.69) is 29.9 Å². The van der Waals surface area contributed by atoms with Crippen LogP contribution < -0.4 is 19.5 Å². The summed E-state index contributed by atoms with van der Waals surface area (Å²) >= 11 is 0. The maximum Gasteiger partial charge on any atom is 0.407 e. The molecular formula is C31H41N5O7Si. The fourth-order valence-corrected chi connectivity index (χ4v) is 6.46. The minimum absolute atomic E-state index is 0.0941. The molecule has 2 N–H and O–H groups in total. The van der Waals surface area contributed by atoms with Gasteiger partial charge in [0.1, 0.15) is 30.0 Å². The summed E-state index contributed by atoms with van der Waals surface area (Å²) in [6, 6.07) is 4.61. The zero-order valence-electron chi connectivity index (χ0n) is 25.9. The van der Waals surface area contributed by atoms with E-state index in [-0.39, 0.29) is 25.5 Å². The van der Waals surface area contributed by atoms with Gasteiger partial charge in [-0.1, -0.05) is 19.6 Å². The van der Waals surface area contributed by atoms with E-state index >= 15 is 0 Å². The minimum Gasteiger partial charge on any atom is -0.492 e. The molecule has 13 heteroatoms. The van der Waals surface area contributed by atoms with Crippen molar-refractivity contribution in [2.45, 2.75) is 71.1 Å². The van der Waals surface area contributed by atoms with Crippen LogP contribution in [0.15, 0.2) is 18.5 Å². The number of nitrogens with zero attached hydrogens (tertiary/aromatic N) is 4. The highest BCUT2D eigenvalue weighted by molar-refractivity contribution is 6.76. The van der Waals surface area contributed by atoms with Gasteiger partial charge in [-0.3, -0.25) is 4.79 Å². The van der Waals surface area contributed by atoms with Gasteiger partial charge < -0.3 is 38.8 Å². The number of likely N-dealkylation sites (tertiary alicyclic amines) is 1. The molecule has 0 bridgehead atoms. The van der Waals surface area contributed by atoms with Crippen LogP contribution in [0.2, 0.25) is 25.7 Å². The van der Waals surface area contributed by atoms with Crippen LogP contribution in [0.5, 0.6) is 17.2 Å². The number of fused-ring (bicyclic) bond motifs is 2. The number of rotatable bonds is 11. The van der Waals surface area contributed by atoms with Crippen molar-refractivity contribution in [3.05, 3.63) is 29.7 Å². The van der Waals surface area contributed by atoms with E-state index in [0.717, 1.165) is 18.9 Å². The number of aromatic nitrogens is 3. The van der Waals surface area contributed by atoms with Gasteiger partial charge in [-0.05, 0) is 56.7 Å². The largest absolute Gasteiger partial charge is 0.492 e. The molecule has 0 unspecified atom stereocenters. The number of carbonyl (C=O) groups is 2. The van der Waals surface area contributed by atoms with Crippen LogP contribution in [-0.2, 0) is 11.5 Å².